The summed E-state index contributed by atoms with van der Waals surface area (Å²) in [5, 5.41) is 11.1. The van der Waals surface area contributed by atoms with E-state index in [1.807, 2.05) is 0 Å². The summed E-state index contributed by atoms with van der Waals surface area (Å²) in [6.45, 7) is 9.98. The van der Waals surface area contributed by atoms with Crippen molar-refractivity contribution in [2.24, 2.45) is 4.99 Å². The smallest absolute Gasteiger partial charge is 0.191 e. The molecule has 5 nitrogen and oxygen atoms in total. The SMILES string of the molecule is CCNC(=NCC(C)c1ccsc1)NCC1CN2CCCC2CO1. The minimum atomic E-state index is 0.262. The molecule has 6 heteroatoms. The van der Waals surface area contributed by atoms with E-state index in [4.69, 9.17) is 9.73 Å². The Morgan fingerprint density at radius 2 is 2.42 bits per heavy atom. The van der Waals surface area contributed by atoms with E-state index in [9.17, 15) is 0 Å². The Kier molecular flexibility index (Phi) is 6.51. The second-order valence-corrected chi connectivity index (χ2v) is 7.58. The fourth-order valence-corrected chi connectivity index (χ4v) is 4.23. The van der Waals surface area contributed by atoms with E-state index in [1.165, 1.54) is 24.9 Å². The number of hydrogen-bond donors (Lipinski definition) is 2. The van der Waals surface area contributed by atoms with Crippen LogP contribution in [0, 0.1) is 0 Å². The second kappa shape index (κ2) is 8.83. The summed E-state index contributed by atoms with van der Waals surface area (Å²) in [4.78, 5) is 7.33. The van der Waals surface area contributed by atoms with E-state index in [0.717, 1.165) is 38.7 Å². The molecule has 2 fully saturated rings. The molecule has 0 amide bonds. The molecule has 2 aliphatic heterocycles. The fraction of sp³-hybridized carbons (Fsp3) is 0.722. The Bertz CT molecular complexity index is 519. The molecule has 24 heavy (non-hydrogen) atoms. The molecule has 0 radical (unpaired) electrons. The zero-order valence-electron chi connectivity index (χ0n) is 14.8. The number of aliphatic imine (C=N–C) groups is 1. The van der Waals surface area contributed by atoms with Crippen molar-refractivity contribution >= 4 is 17.3 Å². The molecule has 0 aliphatic carbocycles. The monoisotopic (exact) mass is 350 g/mol. The van der Waals surface area contributed by atoms with Crippen LogP contribution in [0.5, 0.6) is 0 Å². The van der Waals surface area contributed by atoms with Crippen LogP contribution in [-0.2, 0) is 4.74 Å². The fourth-order valence-electron chi connectivity index (χ4n) is 3.45. The first-order valence-electron chi connectivity index (χ1n) is 9.16. The summed E-state index contributed by atoms with van der Waals surface area (Å²) in [7, 11) is 0. The van der Waals surface area contributed by atoms with Crippen molar-refractivity contribution in [1.29, 1.82) is 0 Å². The van der Waals surface area contributed by atoms with E-state index in [-0.39, 0.29) is 6.10 Å². The zero-order chi connectivity index (χ0) is 16.8. The minimum absolute atomic E-state index is 0.262. The van der Waals surface area contributed by atoms with Gasteiger partial charge in [0.15, 0.2) is 5.96 Å². The summed E-state index contributed by atoms with van der Waals surface area (Å²) in [6.07, 6.45) is 2.88. The number of thiophene rings is 1. The largest absolute Gasteiger partial charge is 0.373 e. The number of nitrogens with one attached hydrogen (secondary N) is 2. The normalized spacial score (nSPS) is 26.2. The third-order valence-electron chi connectivity index (χ3n) is 4.94. The highest BCUT2D eigenvalue weighted by molar-refractivity contribution is 7.07. The van der Waals surface area contributed by atoms with Gasteiger partial charge in [-0.25, -0.2) is 0 Å². The lowest BCUT2D eigenvalue weighted by Gasteiger charge is -2.35. The summed E-state index contributed by atoms with van der Waals surface area (Å²) in [5.41, 5.74) is 1.37. The highest BCUT2D eigenvalue weighted by atomic mass is 32.1. The lowest BCUT2D eigenvalue weighted by atomic mass is 10.1. The highest BCUT2D eigenvalue weighted by Crippen LogP contribution is 2.22. The first-order valence-corrected chi connectivity index (χ1v) is 10.1. The van der Waals surface area contributed by atoms with Gasteiger partial charge in [-0.2, -0.15) is 11.3 Å². The average Bonchev–Trinajstić information content (AvgIpc) is 3.27. The lowest BCUT2D eigenvalue weighted by molar-refractivity contribution is -0.0453. The molecule has 3 rings (SSSR count). The first kappa shape index (κ1) is 17.7. The van der Waals surface area contributed by atoms with Crippen molar-refractivity contribution in [1.82, 2.24) is 15.5 Å². The van der Waals surface area contributed by atoms with Crippen molar-refractivity contribution in [3.8, 4) is 0 Å². The van der Waals surface area contributed by atoms with E-state index in [0.29, 0.717) is 12.0 Å². The van der Waals surface area contributed by atoms with E-state index in [2.05, 4.69) is 46.2 Å². The number of nitrogens with zero attached hydrogens (tertiary/aromatic N) is 2. The van der Waals surface area contributed by atoms with Crippen LogP contribution in [-0.4, -0.2) is 62.3 Å². The summed E-state index contributed by atoms with van der Waals surface area (Å²) < 4.78 is 6.02. The number of hydrogen-bond acceptors (Lipinski definition) is 4. The Hall–Kier alpha value is -1.11. The molecule has 3 atom stereocenters. The number of morpholine rings is 1. The maximum atomic E-state index is 6.02. The Morgan fingerprint density at radius 3 is 3.21 bits per heavy atom. The summed E-state index contributed by atoms with van der Waals surface area (Å²) >= 11 is 1.75. The van der Waals surface area contributed by atoms with Crippen LogP contribution in [0.4, 0.5) is 0 Å². The average molecular weight is 351 g/mol. The molecule has 2 saturated heterocycles. The van der Waals surface area contributed by atoms with Crippen LogP contribution in [0.1, 0.15) is 38.2 Å². The number of ether oxygens (including phenoxy) is 1. The third kappa shape index (κ3) is 4.71. The summed E-state index contributed by atoms with van der Waals surface area (Å²) in [5.74, 6) is 1.34. The Labute approximate surface area is 149 Å². The minimum Gasteiger partial charge on any atom is -0.373 e. The molecule has 3 heterocycles. The van der Waals surface area contributed by atoms with Crippen LogP contribution < -0.4 is 10.6 Å². The van der Waals surface area contributed by atoms with Crippen molar-refractivity contribution in [2.75, 3.05) is 39.3 Å². The predicted molar refractivity (Wildman–Crippen MR) is 101 cm³/mol. The van der Waals surface area contributed by atoms with Gasteiger partial charge in [-0.15, -0.1) is 0 Å². The standard InChI is InChI=1S/C18H30N4OS/c1-3-19-18(20-9-14(2)15-6-8-24-13-15)21-10-17-11-22-7-4-5-16(22)12-23-17/h6,8,13-14,16-17H,3-5,7,9-12H2,1-2H3,(H2,19,20,21). The molecular formula is C18H30N4OS. The zero-order valence-corrected chi connectivity index (χ0v) is 15.6. The molecule has 1 aromatic rings. The van der Waals surface area contributed by atoms with Crippen LogP contribution >= 0.6 is 11.3 Å². The van der Waals surface area contributed by atoms with Crippen LogP contribution in [0.2, 0.25) is 0 Å². The molecule has 134 valence electrons. The molecule has 0 spiro atoms. The number of guanidine groups is 1. The maximum Gasteiger partial charge on any atom is 0.191 e. The van der Waals surface area contributed by atoms with Gasteiger partial charge in [0.2, 0.25) is 0 Å². The van der Waals surface area contributed by atoms with Crippen molar-refractivity contribution in [3.05, 3.63) is 22.4 Å². The van der Waals surface area contributed by atoms with Gasteiger partial charge >= 0.3 is 0 Å². The van der Waals surface area contributed by atoms with Gasteiger partial charge in [-0.3, -0.25) is 9.89 Å². The van der Waals surface area contributed by atoms with E-state index < -0.39 is 0 Å². The van der Waals surface area contributed by atoms with Crippen molar-refractivity contribution < 1.29 is 4.74 Å². The van der Waals surface area contributed by atoms with Crippen molar-refractivity contribution in [2.45, 2.75) is 44.8 Å². The van der Waals surface area contributed by atoms with Gasteiger partial charge in [-0.05, 0) is 48.7 Å². The Morgan fingerprint density at radius 1 is 1.50 bits per heavy atom. The van der Waals surface area contributed by atoms with Crippen LogP contribution in [0.15, 0.2) is 21.8 Å². The third-order valence-corrected chi connectivity index (χ3v) is 5.64. The number of fused-ring (bicyclic) bond motifs is 1. The van der Waals surface area contributed by atoms with Crippen molar-refractivity contribution in [3.63, 3.8) is 0 Å². The summed E-state index contributed by atoms with van der Waals surface area (Å²) in [6, 6.07) is 2.85. The van der Waals surface area contributed by atoms with E-state index >= 15 is 0 Å². The lowest BCUT2D eigenvalue weighted by Crippen LogP contribution is -2.51. The molecule has 2 N–H and O–H groups in total. The van der Waals surface area contributed by atoms with Gasteiger partial charge in [0.05, 0.1) is 12.7 Å². The molecule has 0 saturated carbocycles. The van der Waals surface area contributed by atoms with Crippen LogP contribution in [0.3, 0.4) is 0 Å². The topological polar surface area (TPSA) is 48.9 Å². The van der Waals surface area contributed by atoms with Gasteiger partial charge in [0, 0.05) is 38.1 Å². The Balaban J connectivity index is 1.47. The highest BCUT2D eigenvalue weighted by Gasteiger charge is 2.32. The molecule has 2 aliphatic rings. The van der Waals surface area contributed by atoms with Crippen LogP contribution in [0.25, 0.3) is 0 Å². The molecular weight excluding hydrogens is 320 g/mol. The second-order valence-electron chi connectivity index (χ2n) is 6.80. The first-order chi connectivity index (χ1) is 11.8. The number of rotatable bonds is 6. The molecule has 1 aromatic heterocycles. The molecule has 3 unspecified atom stereocenters. The van der Waals surface area contributed by atoms with E-state index in [1.54, 1.807) is 11.3 Å². The van der Waals surface area contributed by atoms with Gasteiger partial charge in [0.1, 0.15) is 0 Å². The quantitative estimate of drug-likeness (QED) is 0.610. The van der Waals surface area contributed by atoms with Gasteiger partial charge in [0.25, 0.3) is 0 Å². The predicted octanol–water partition coefficient (Wildman–Crippen LogP) is 2.27. The molecule has 0 aromatic carbocycles. The van der Waals surface area contributed by atoms with Gasteiger partial charge < -0.3 is 15.4 Å². The van der Waals surface area contributed by atoms with Gasteiger partial charge in [-0.1, -0.05) is 6.92 Å². The molecule has 0 bridgehead atoms. The maximum absolute atomic E-state index is 6.02.